The van der Waals surface area contributed by atoms with Crippen LogP contribution in [0.4, 0.5) is 0 Å². The van der Waals surface area contributed by atoms with Crippen molar-refractivity contribution in [3.05, 3.63) is 65.7 Å². The zero-order chi connectivity index (χ0) is 15.4. The molecule has 0 N–H and O–H groups in total. The third-order valence-electron chi connectivity index (χ3n) is 3.92. The normalized spacial score (nSPS) is 15.8. The first-order chi connectivity index (χ1) is 10.7. The van der Waals surface area contributed by atoms with E-state index in [4.69, 9.17) is 4.74 Å². The number of ketones is 2. The number of carbonyl (C=O) groups excluding carboxylic acids is 2. The molecule has 3 heteroatoms. The molecule has 0 spiro atoms. The van der Waals surface area contributed by atoms with E-state index in [1.165, 1.54) is 0 Å². The maximum Gasteiger partial charge on any atom is 0.140 e. The Bertz CT molecular complexity index is 660. The van der Waals surface area contributed by atoms with Gasteiger partial charge in [-0.25, -0.2) is 0 Å². The number of Topliss-reactive ketones (excluding diaryl/α,β-unsaturated/α-hetero) is 2. The van der Waals surface area contributed by atoms with Crippen molar-refractivity contribution < 1.29 is 14.3 Å². The number of hydrogen-bond acceptors (Lipinski definition) is 3. The van der Waals surface area contributed by atoms with Crippen molar-refractivity contribution in [2.24, 2.45) is 0 Å². The highest BCUT2D eigenvalue weighted by atomic mass is 16.5. The van der Waals surface area contributed by atoms with Crippen LogP contribution in [0, 0.1) is 0 Å². The second-order valence-corrected chi connectivity index (χ2v) is 5.71. The van der Waals surface area contributed by atoms with Gasteiger partial charge in [-0.3, -0.25) is 9.59 Å². The van der Waals surface area contributed by atoms with Crippen molar-refractivity contribution in [2.75, 3.05) is 0 Å². The van der Waals surface area contributed by atoms with Crippen LogP contribution < -0.4 is 4.74 Å². The average Bonchev–Trinajstić information content (AvgIpc) is 2.53. The van der Waals surface area contributed by atoms with Gasteiger partial charge in [0.15, 0.2) is 0 Å². The molecule has 3 nitrogen and oxygen atoms in total. The largest absolute Gasteiger partial charge is 0.489 e. The maximum atomic E-state index is 11.6. The average molecular weight is 294 g/mol. The first-order valence-corrected chi connectivity index (χ1v) is 7.51. The van der Waals surface area contributed by atoms with Gasteiger partial charge in [-0.15, -0.1) is 0 Å². The Balaban J connectivity index is 1.69. The molecule has 1 aliphatic carbocycles. The third kappa shape index (κ3) is 3.61. The van der Waals surface area contributed by atoms with E-state index in [2.05, 4.69) is 0 Å². The molecular weight excluding hydrogens is 276 g/mol. The Morgan fingerprint density at radius 1 is 0.909 bits per heavy atom. The monoisotopic (exact) mass is 294 g/mol. The first kappa shape index (κ1) is 14.5. The number of carbonyl (C=O) groups is 2. The van der Waals surface area contributed by atoms with Crippen LogP contribution in [-0.4, -0.2) is 11.6 Å². The smallest absolute Gasteiger partial charge is 0.140 e. The quantitative estimate of drug-likeness (QED) is 0.808. The van der Waals surface area contributed by atoms with Crippen LogP contribution >= 0.6 is 0 Å². The van der Waals surface area contributed by atoms with Gasteiger partial charge in [-0.05, 0) is 29.2 Å². The van der Waals surface area contributed by atoms with E-state index in [1.807, 2.05) is 54.6 Å². The second kappa shape index (κ2) is 6.56. The molecule has 0 saturated heterocycles. The molecule has 22 heavy (non-hydrogen) atoms. The van der Waals surface area contributed by atoms with Gasteiger partial charge in [0.05, 0.1) is 6.42 Å². The van der Waals surface area contributed by atoms with Crippen molar-refractivity contribution in [1.29, 1.82) is 0 Å². The van der Waals surface area contributed by atoms with Crippen molar-refractivity contribution in [2.45, 2.75) is 31.8 Å². The highest BCUT2D eigenvalue weighted by Gasteiger charge is 2.26. The van der Waals surface area contributed by atoms with Gasteiger partial charge in [-0.2, -0.15) is 0 Å². The minimum absolute atomic E-state index is 0.00553. The molecule has 0 heterocycles. The van der Waals surface area contributed by atoms with E-state index < -0.39 is 0 Å². The molecule has 1 saturated carbocycles. The predicted molar refractivity (Wildman–Crippen MR) is 83.8 cm³/mol. The molecule has 0 amide bonds. The van der Waals surface area contributed by atoms with Crippen LogP contribution in [0.1, 0.15) is 36.3 Å². The van der Waals surface area contributed by atoms with Crippen LogP contribution in [-0.2, 0) is 16.2 Å². The van der Waals surface area contributed by atoms with Crippen molar-refractivity contribution in [3.63, 3.8) is 0 Å². The molecule has 0 unspecified atom stereocenters. The fraction of sp³-hybridized carbons (Fsp3) is 0.263. The Kier molecular flexibility index (Phi) is 4.33. The molecule has 112 valence electrons. The van der Waals surface area contributed by atoms with E-state index in [-0.39, 0.29) is 23.9 Å². The minimum atomic E-state index is -0.00553. The number of rotatable bonds is 4. The van der Waals surface area contributed by atoms with Gasteiger partial charge in [0, 0.05) is 12.8 Å². The summed E-state index contributed by atoms with van der Waals surface area (Å²) in [5, 5.41) is 0. The van der Waals surface area contributed by atoms with Crippen LogP contribution in [0.5, 0.6) is 5.75 Å². The highest BCUT2D eigenvalue weighted by Crippen LogP contribution is 2.31. The van der Waals surface area contributed by atoms with Crippen LogP contribution in [0.2, 0.25) is 0 Å². The zero-order valence-corrected chi connectivity index (χ0v) is 12.3. The lowest BCUT2D eigenvalue weighted by molar-refractivity contribution is -0.130. The second-order valence-electron chi connectivity index (χ2n) is 5.71. The Hall–Kier alpha value is -2.42. The SMILES string of the molecule is O=C1CC(=O)CC(c2cccc(OCc3ccccc3)c2)C1. The summed E-state index contributed by atoms with van der Waals surface area (Å²) in [4.78, 5) is 23.2. The molecule has 0 atom stereocenters. The van der Waals surface area contributed by atoms with Crippen LogP contribution in [0.3, 0.4) is 0 Å². The topological polar surface area (TPSA) is 43.4 Å². The van der Waals surface area contributed by atoms with E-state index >= 15 is 0 Å². The molecular formula is C19H18O3. The molecule has 2 aromatic rings. The van der Waals surface area contributed by atoms with E-state index in [0.29, 0.717) is 19.4 Å². The Morgan fingerprint density at radius 3 is 2.36 bits per heavy atom. The van der Waals surface area contributed by atoms with Gasteiger partial charge in [-0.1, -0.05) is 42.5 Å². The fourth-order valence-electron chi connectivity index (χ4n) is 2.82. The molecule has 2 aromatic carbocycles. The summed E-state index contributed by atoms with van der Waals surface area (Å²) in [6.45, 7) is 0.507. The lowest BCUT2D eigenvalue weighted by Crippen LogP contribution is -2.21. The van der Waals surface area contributed by atoms with Gasteiger partial charge in [0.1, 0.15) is 23.9 Å². The zero-order valence-electron chi connectivity index (χ0n) is 12.3. The highest BCUT2D eigenvalue weighted by molar-refractivity contribution is 6.02. The van der Waals surface area contributed by atoms with Crippen molar-refractivity contribution in [1.82, 2.24) is 0 Å². The molecule has 0 bridgehead atoms. The molecule has 0 radical (unpaired) electrons. The summed E-state index contributed by atoms with van der Waals surface area (Å²) in [6.07, 6.45) is 1.00. The number of benzene rings is 2. The Labute approximate surface area is 129 Å². The summed E-state index contributed by atoms with van der Waals surface area (Å²) in [5.41, 5.74) is 2.11. The summed E-state index contributed by atoms with van der Waals surface area (Å²) in [6, 6.07) is 17.7. The van der Waals surface area contributed by atoms with Gasteiger partial charge in [0.2, 0.25) is 0 Å². The fourth-order valence-corrected chi connectivity index (χ4v) is 2.82. The standard InChI is InChI=1S/C19H18O3/c20-17-9-16(10-18(21)12-17)15-7-4-8-19(11-15)22-13-14-5-2-1-3-6-14/h1-8,11,16H,9-10,12-13H2. The lowest BCUT2D eigenvalue weighted by Gasteiger charge is -2.20. The van der Waals surface area contributed by atoms with E-state index in [9.17, 15) is 9.59 Å². The lowest BCUT2D eigenvalue weighted by atomic mass is 9.82. The van der Waals surface area contributed by atoms with E-state index in [1.54, 1.807) is 0 Å². The number of ether oxygens (including phenoxy) is 1. The van der Waals surface area contributed by atoms with Crippen molar-refractivity contribution >= 4 is 11.6 Å². The van der Waals surface area contributed by atoms with Crippen molar-refractivity contribution in [3.8, 4) is 5.75 Å². The summed E-state index contributed by atoms with van der Waals surface area (Å²) in [5.74, 6) is 0.842. The van der Waals surface area contributed by atoms with E-state index in [0.717, 1.165) is 16.9 Å². The van der Waals surface area contributed by atoms with Gasteiger partial charge < -0.3 is 4.74 Å². The predicted octanol–water partition coefficient (Wildman–Crippen LogP) is 3.67. The summed E-state index contributed by atoms with van der Waals surface area (Å²) < 4.78 is 5.81. The summed E-state index contributed by atoms with van der Waals surface area (Å²) in [7, 11) is 0. The molecule has 0 aliphatic heterocycles. The van der Waals surface area contributed by atoms with Crippen LogP contribution in [0.15, 0.2) is 54.6 Å². The van der Waals surface area contributed by atoms with Gasteiger partial charge >= 0.3 is 0 Å². The number of hydrogen-bond donors (Lipinski definition) is 0. The maximum absolute atomic E-state index is 11.6. The van der Waals surface area contributed by atoms with Gasteiger partial charge in [0.25, 0.3) is 0 Å². The van der Waals surface area contributed by atoms with Crippen LogP contribution in [0.25, 0.3) is 0 Å². The molecule has 0 aromatic heterocycles. The Morgan fingerprint density at radius 2 is 1.64 bits per heavy atom. The molecule has 1 aliphatic rings. The molecule has 3 rings (SSSR count). The molecule has 1 fully saturated rings. The third-order valence-corrected chi connectivity index (χ3v) is 3.92. The summed E-state index contributed by atoms with van der Waals surface area (Å²) >= 11 is 0. The first-order valence-electron chi connectivity index (χ1n) is 7.51. The minimum Gasteiger partial charge on any atom is -0.489 e.